The zero-order chi connectivity index (χ0) is 11.8. The van der Waals surface area contributed by atoms with Gasteiger partial charge in [0.2, 0.25) is 0 Å². The van der Waals surface area contributed by atoms with Crippen molar-refractivity contribution in [2.45, 2.75) is 18.9 Å². The molecule has 6 heteroatoms. The first-order valence-electron chi connectivity index (χ1n) is 5.07. The summed E-state index contributed by atoms with van der Waals surface area (Å²) in [5.74, 6) is -0.0191. The van der Waals surface area contributed by atoms with Crippen LogP contribution >= 0.6 is 0 Å². The zero-order valence-electron chi connectivity index (χ0n) is 9.05. The molecule has 1 unspecified atom stereocenters. The smallest absolute Gasteiger partial charge is 0.268 e. The molecule has 6 nitrogen and oxygen atoms in total. The van der Waals surface area contributed by atoms with Gasteiger partial charge >= 0.3 is 0 Å². The number of carbonyl (C=O) groups is 1. The first-order chi connectivity index (χ1) is 7.48. The average Bonchev–Trinajstić information content (AvgIpc) is 2.59. The number of amides is 1. The Hall–Kier alpha value is -1.69. The molecule has 1 aliphatic heterocycles. The SMILES string of the molecule is CC1(O)CCN(c2cncc(C(N)=O)n2)C1. The van der Waals surface area contributed by atoms with Crippen LogP contribution in [0.15, 0.2) is 12.4 Å². The number of hydrogen-bond acceptors (Lipinski definition) is 5. The molecule has 1 aliphatic rings. The summed E-state index contributed by atoms with van der Waals surface area (Å²) in [5.41, 5.74) is 4.56. The van der Waals surface area contributed by atoms with Crippen molar-refractivity contribution in [1.29, 1.82) is 0 Å². The largest absolute Gasteiger partial charge is 0.388 e. The van der Waals surface area contributed by atoms with E-state index in [1.54, 1.807) is 13.1 Å². The maximum absolute atomic E-state index is 10.9. The Bertz CT molecular complexity index is 419. The lowest BCUT2D eigenvalue weighted by Gasteiger charge is -2.19. The van der Waals surface area contributed by atoms with Gasteiger partial charge in [0.1, 0.15) is 11.5 Å². The van der Waals surface area contributed by atoms with E-state index in [-0.39, 0.29) is 5.69 Å². The molecule has 1 fully saturated rings. The molecular formula is C10H14N4O2. The van der Waals surface area contributed by atoms with Crippen LogP contribution in [0.4, 0.5) is 5.82 Å². The molecule has 16 heavy (non-hydrogen) atoms. The summed E-state index contributed by atoms with van der Waals surface area (Å²) < 4.78 is 0. The van der Waals surface area contributed by atoms with Crippen molar-refractivity contribution in [3.63, 3.8) is 0 Å². The van der Waals surface area contributed by atoms with Crippen molar-refractivity contribution < 1.29 is 9.90 Å². The number of β-amino-alcohol motifs (C(OH)–C–C–N with tert-alkyl or cyclic N) is 1. The summed E-state index contributed by atoms with van der Waals surface area (Å²) in [6.45, 7) is 2.96. The van der Waals surface area contributed by atoms with E-state index in [0.29, 0.717) is 25.3 Å². The van der Waals surface area contributed by atoms with Crippen molar-refractivity contribution >= 4 is 11.7 Å². The van der Waals surface area contributed by atoms with Crippen LogP contribution in [0.1, 0.15) is 23.8 Å². The summed E-state index contributed by atoms with van der Waals surface area (Å²) in [6, 6.07) is 0. The molecule has 0 bridgehead atoms. The molecule has 0 aliphatic carbocycles. The van der Waals surface area contributed by atoms with E-state index in [0.717, 1.165) is 0 Å². The van der Waals surface area contributed by atoms with Crippen LogP contribution in [0.2, 0.25) is 0 Å². The number of rotatable bonds is 2. The minimum absolute atomic E-state index is 0.143. The molecule has 1 aromatic heterocycles. The summed E-state index contributed by atoms with van der Waals surface area (Å²) in [5, 5.41) is 9.82. The molecule has 1 atom stereocenters. The molecule has 0 saturated carbocycles. The van der Waals surface area contributed by atoms with Gasteiger partial charge in [-0.05, 0) is 13.3 Å². The van der Waals surface area contributed by atoms with Crippen LogP contribution in [0.25, 0.3) is 0 Å². The Morgan fingerprint density at radius 2 is 2.38 bits per heavy atom. The minimum atomic E-state index is -0.704. The number of primary amides is 1. The maximum Gasteiger partial charge on any atom is 0.268 e. The van der Waals surface area contributed by atoms with Crippen LogP contribution in [0.3, 0.4) is 0 Å². The van der Waals surface area contributed by atoms with Gasteiger partial charge in [-0.2, -0.15) is 0 Å². The second-order valence-electron chi connectivity index (χ2n) is 4.30. The highest BCUT2D eigenvalue weighted by atomic mass is 16.3. The predicted molar refractivity (Wildman–Crippen MR) is 58.0 cm³/mol. The first-order valence-corrected chi connectivity index (χ1v) is 5.07. The molecule has 86 valence electrons. The first kappa shape index (κ1) is 10.8. The minimum Gasteiger partial charge on any atom is -0.388 e. The quantitative estimate of drug-likeness (QED) is 0.706. The number of aliphatic hydroxyl groups is 1. The second kappa shape index (κ2) is 3.71. The molecule has 1 aromatic rings. The number of carbonyl (C=O) groups excluding carboxylic acids is 1. The Morgan fingerprint density at radius 3 is 2.94 bits per heavy atom. The van der Waals surface area contributed by atoms with E-state index >= 15 is 0 Å². The lowest BCUT2D eigenvalue weighted by molar-refractivity contribution is 0.0839. The van der Waals surface area contributed by atoms with E-state index < -0.39 is 11.5 Å². The van der Waals surface area contributed by atoms with Crippen LogP contribution < -0.4 is 10.6 Å². The van der Waals surface area contributed by atoms with Crippen LogP contribution in [0, 0.1) is 0 Å². The molecule has 2 rings (SSSR count). The van der Waals surface area contributed by atoms with Gasteiger partial charge in [-0.25, -0.2) is 4.98 Å². The van der Waals surface area contributed by atoms with Crippen LogP contribution in [-0.4, -0.2) is 39.7 Å². The van der Waals surface area contributed by atoms with Gasteiger partial charge < -0.3 is 15.7 Å². The van der Waals surface area contributed by atoms with E-state index in [4.69, 9.17) is 5.73 Å². The predicted octanol–water partition coefficient (Wildman–Crippen LogP) is -0.463. The van der Waals surface area contributed by atoms with Gasteiger partial charge in [0.05, 0.1) is 18.0 Å². The molecule has 0 aromatic carbocycles. The van der Waals surface area contributed by atoms with E-state index in [1.807, 2.05) is 4.90 Å². The number of anilines is 1. The lowest BCUT2D eigenvalue weighted by Crippen LogP contribution is -2.30. The number of nitrogens with two attached hydrogens (primary N) is 1. The third-order valence-corrected chi connectivity index (χ3v) is 2.65. The monoisotopic (exact) mass is 222 g/mol. The van der Waals surface area contributed by atoms with E-state index in [9.17, 15) is 9.90 Å². The van der Waals surface area contributed by atoms with E-state index in [2.05, 4.69) is 9.97 Å². The molecule has 0 spiro atoms. The van der Waals surface area contributed by atoms with Gasteiger partial charge in [0.25, 0.3) is 5.91 Å². The van der Waals surface area contributed by atoms with Crippen molar-refractivity contribution in [3.05, 3.63) is 18.1 Å². The fraction of sp³-hybridized carbons (Fsp3) is 0.500. The summed E-state index contributed by atoms with van der Waals surface area (Å²) >= 11 is 0. The van der Waals surface area contributed by atoms with Crippen molar-refractivity contribution in [2.75, 3.05) is 18.0 Å². The Labute approximate surface area is 93.1 Å². The number of aromatic nitrogens is 2. The highest BCUT2D eigenvalue weighted by Gasteiger charge is 2.32. The highest BCUT2D eigenvalue weighted by Crippen LogP contribution is 2.24. The van der Waals surface area contributed by atoms with Crippen molar-refractivity contribution in [2.24, 2.45) is 5.73 Å². The molecule has 1 saturated heterocycles. The fourth-order valence-electron chi connectivity index (χ4n) is 1.77. The molecule has 3 N–H and O–H groups in total. The van der Waals surface area contributed by atoms with Crippen molar-refractivity contribution in [1.82, 2.24) is 9.97 Å². The maximum atomic E-state index is 10.9. The third kappa shape index (κ3) is 2.11. The summed E-state index contributed by atoms with van der Waals surface area (Å²) in [6.07, 6.45) is 3.57. The Balaban J connectivity index is 2.22. The molecule has 2 heterocycles. The third-order valence-electron chi connectivity index (χ3n) is 2.65. The number of hydrogen-bond donors (Lipinski definition) is 2. The van der Waals surface area contributed by atoms with Crippen molar-refractivity contribution in [3.8, 4) is 0 Å². The Kier molecular flexibility index (Phi) is 2.51. The van der Waals surface area contributed by atoms with Crippen LogP contribution in [0.5, 0.6) is 0 Å². The molecular weight excluding hydrogens is 208 g/mol. The van der Waals surface area contributed by atoms with Gasteiger partial charge in [0.15, 0.2) is 0 Å². The molecule has 0 radical (unpaired) electrons. The standard InChI is InChI=1S/C10H14N4O2/c1-10(16)2-3-14(6-10)8-5-12-4-7(13-8)9(11)15/h4-5,16H,2-3,6H2,1H3,(H2,11,15). The highest BCUT2D eigenvalue weighted by molar-refractivity contribution is 5.90. The average molecular weight is 222 g/mol. The number of nitrogens with zero attached hydrogens (tertiary/aromatic N) is 3. The van der Waals surface area contributed by atoms with Gasteiger partial charge in [-0.3, -0.25) is 9.78 Å². The topological polar surface area (TPSA) is 92.3 Å². The van der Waals surface area contributed by atoms with Gasteiger partial charge in [-0.1, -0.05) is 0 Å². The summed E-state index contributed by atoms with van der Waals surface area (Å²) in [4.78, 5) is 20.8. The lowest BCUT2D eigenvalue weighted by atomic mass is 10.1. The van der Waals surface area contributed by atoms with Crippen LogP contribution in [-0.2, 0) is 0 Å². The van der Waals surface area contributed by atoms with Gasteiger partial charge in [0, 0.05) is 13.1 Å². The Morgan fingerprint density at radius 1 is 1.62 bits per heavy atom. The normalized spacial score (nSPS) is 24.8. The summed E-state index contributed by atoms with van der Waals surface area (Å²) in [7, 11) is 0. The second-order valence-corrected chi connectivity index (χ2v) is 4.30. The van der Waals surface area contributed by atoms with E-state index in [1.165, 1.54) is 6.20 Å². The fourth-order valence-corrected chi connectivity index (χ4v) is 1.77. The molecule has 1 amide bonds. The van der Waals surface area contributed by atoms with Gasteiger partial charge in [-0.15, -0.1) is 0 Å². The zero-order valence-corrected chi connectivity index (χ0v) is 9.05.